The lowest BCUT2D eigenvalue weighted by Gasteiger charge is -2.20. The highest BCUT2D eigenvalue weighted by Gasteiger charge is 2.16. The van der Waals surface area contributed by atoms with Crippen LogP contribution in [0.15, 0.2) is 102 Å². The van der Waals surface area contributed by atoms with Crippen molar-refractivity contribution in [3.63, 3.8) is 0 Å². The Morgan fingerprint density at radius 1 is 0.838 bits per heavy atom. The largest absolute Gasteiger partial charge is 0.354 e. The highest BCUT2D eigenvalue weighted by molar-refractivity contribution is 5.84. The average Bonchev–Trinajstić information content (AvgIpc) is 2.94. The van der Waals surface area contributed by atoms with Crippen LogP contribution >= 0.6 is 0 Å². The quantitative estimate of drug-likeness (QED) is 0.175. The van der Waals surface area contributed by atoms with Crippen LogP contribution in [-0.4, -0.2) is 28.7 Å². The number of rotatable bonds is 10. The molecule has 1 unspecified atom stereocenters. The molecule has 0 aromatic heterocycles. The number of benzene rings is 4. The third-order valence-corrected chi connectivity index (χ3v) is 6.56. The number of aromatic nitrogens is 2. The normalized spacial score (nSPS) is 12.8. The molecule has 0 radical (unpaired) electrons. The number of nitrogens with zero attached hydrogens (tertiary/aromatic N) is 3. The zero-order valence-electron chi connectivity index (χ0n) is 21.1. The minimum atomic E-state index is 0.174. The van der Waals surface area contributed by atoms with Crippen LogP contribution in [0.4, 0.5) is 11.4 Å². The van der Waals surface area contributed by atoms with Crippen LogP contribution in [0.25, 0.3) is 28.1 Å². The van der Waals surface area contributed by atoms with Crippen molar-refractivity contribution < 1.29 is 0 Å². The molecule has 3 aromatic carbocycles. The van der Waals surface area contributed by atoms with Gasteiger partial charge in [-0.25, -0.2) is 4.98 Å². The van der Waals surface area contributed by atoms with Crippen LogP contribution in [0.2, 0.25) is 0 Å². The van der Waals surface area contributed by atoms with Gasteiger partial charge in [0.2, 0.25) is 0 Å². The van der Waals surface area contributed by atoms with Crippen LogP contribution < -0.4 is 22.1 Å². The lowest BCUT2D eigenvalue weighted by atomic mass is 10.1. The zero-order valence-corrected chi connectivity index (χ0v) is 21.1. The van der Waals surface area contributed by atoms with Gasteiger partial charge in [-0.15, -0.1) is 0 Å². The maximum absolute atomic E-state index is 6.26. The summed E-state index contributed by atoms with van der Waals surface area (Å²) in [4.78, 5) is 10.1. The molecule has 1 aliphatic carbocycles. The van der Waals surface area contributed by atoms with Gasteiger partial charge in [0.15, 0.2) is 0 Å². The Labute approximate surface area is 218 Å². The maximum atomic E-state index is 6.26. The maximum Gasteiger partial charge on any atom is 0.0900 e. The third kappa shape index (κ3) is 5.88. The van der Waals surface area contributed by atoms with E-state index in [1.807, 2.05) is 30.3 Å². The Morgan fingerprint density at radius 2 is 1.54 bits per heavy atom. The highest BCUT2D eigenvalue weighted by atomic mass is 15.0. The van der Waals surface area contributed by atoms with Crippen molar-refractivity contribution in [2.24, 2.45) is 16.5 Å². The Balaban J connectivity index is 1.61. The van der Waals surface area contributed by atoms with Crippen LogP contribution in [0.3, 0.4) is 0 Å². The van der Waals surface area contributed by atoms with Crippen molar-refractivity contribution in [2.75, 3.05) is 18.4 Å². The van der Waals surface area contributed by atoms with E-state index in [0.717, 1.165) is 70.5 Å². The summed E-state index contributed by atoms with van der Waals surface area (Å²) < 4.78 is 2.27. The van der Waals surface area contributed by atoms with Gasteiger partial charge in [0, 0.05) is 24.0 Å². The summed E-state index contributed by atoms with van der Waals surface area (Å²) in [5.41, 5.74) is 18.9. The SMILES string of the molecule is NCCCC(N)CCCN=c1cc2n(-c3ccccc3)c3ccccc3nc-2cc1Nc1ccccc1. The second kappa shape index (κ2) is 11.8. The van der Waals surface area contributed by atoms with E-state index in [2.05, 4.69) is 76.6 Å². The van der Waals surface area contributed by atoms with Crippen LogP contribution in [0, 0.1) is 0 Å². The first kappa shape index (κ1) is 24.7. The van der Waals surface area contributed by atoms with Gasteiger partial charge in [0.25, 0.3) is 0 Å². The molecule has 3 aromatic rings. The van der Waals surface area contributed by atoms with Gasteiger partial charge in [-0.1, -0.05) is 48.5 Å². The van der Waals surface area contributed by atoms with Gasteiger partial charge in [0.1, 0.15) is 0 Å². The molecule has 0 spiro atoms. The fraction of sp³-hybridized carbons (Fsp3) is 0.226. The number of fused-ring (bicyclic) bond motifs is 2. The molecule has 0 saturated carbocycles. The predicted octanol–water partition coefficient (Wildman–Crippen LogP) is 5.62. The van der Waals surface area contributed by atoms with E-state index >= 15 is 0 Å². The summed E-state index contributed by atoms with van der Waals surface area (Å²) in [6, 6.07) is 33.3. The molecule has 37 heavy (non-hydrogen) atoms. The molecular formula is C31H34N6. The minimum absolute atomic E-state index is 0.174. The second-order valence-corrected chi connectivity index (χ2v) is 9.34. The van der Waals surface area contributed by atoms with Crippen molar-refractivity contribution in [3.05, 3.63) is 102 Å². The fourth-order valence-corrected chi connectivity index (χ4v) is 4.68. The van der Waals surface area contributed by atoms with Gasteiger partial charge in [-0.05, 0) is 80.8 Å². The van der Waals surface area contributed by atoms with Crippen LogP contribution in [-0.2, 0) is 0 Å². The summed E-state index contributed by atoms with van der Waals surface area (Å²) >= 11 is 0. The standard InChI is InChI=1S/C31H34N6/c32-19-9-11-23(33)12-10-20-34-27-22-31-29(21-28(27)35-24-13-3-1-4-14-24)36-26-17-7-8-18-30(26)37(31)25-15-5-2-6-16-25/h1-8,13-18,21-23,35H,9-12,19-20,32-33H2. The van der Waals surface area contributed by atoms with E-state index in [1.165, 1.54) is 0 Å². The number of para-hydroxylation sites is 4. The molecule has 0 amide bonds. The van der Waals surface area contributed by atoms with Gasteiger partial charge in [-0.3, -0.25) is 4.99 Å². The van der Waals surface area contributed by atoms with Crippen LogP contribution in [0.1, 0.15) is 25.7 Å². The van der Waals surface area contributed by atoms with Crippen LogP contribution in [0.5, 0.6) is 0 Å². The lowest BCUT2D eigenvalue weighted by Crippen LogP contribution is -2.21. The van der Waals surface area contributed by atoms with E-state index in [4.69, 9.17) is 21.4 Å². The molecular weight excluding hydrogens is 456 g/mol. The molecule has 5 rings (SSSR count). The minimum Gasteiger partial charge on any atom is -0.354 e. The summed E-state index contributed by atoms with van der Waals surface area (Å²) in [5, 5.41) is 4.48. The molecule has 6 heteroatoms. The summed E-state index contributed by atoms with van der Waals surface area (Å²) in [7, 11) is 0. The highest BCUT2D eigenvalue weighted by Crippen LogP contribution is 2.30. The van der Waals surface area contributed by atoms with Gasteiger partial charge in [0.05, 0.1) is 33.5 Å². The monoisotopic (exact) mass is 490 g/mol. The molecule has 1 atom stereocenters. The first-order valence-corrected chi connectivity index (χ1v) is 13.0. The molecule has 188 valence electrons. The van der Waals surface area contributed by atoms with Crippen molar-refractivity contribution in [1.82, 2.24) is 9.55 Å². The number of anilines is 2. The van der Waals surface area contributed by atoms with Gasteiger partial charge < -0.3 is 21.4 Å². The number of nitrogens with two attached hydrogens (primary N) is 2. The molecule has 0 saturated heterocycles. The third-order valence-electron chi connectivity index (χ3n) is 6.56. The van der Waals surface area contributed by atoms with E-state index < -0.39 is 0 Å². The lowest BCUT2D eigenvalue weighted by molar-refractivity contribution is 0.533. The Hall–Kier alpha value is -4.00. The van der Waals surface area contributed by atoms with Gasteiger partial charge in [-0.2, -0.15) is 0 Å². The van der Waals surface area contributed by atoms with E-state index in [9.17, 15) is 0 Å². The molecule has 5 N–H and O–H groups in total. The average molecular weight is 491 g/mol. The number of nitrogens with one attached hydrogen (secondary N) is 1. The second-order valence-electron chi connectivity index (χ2n) is 9.34. The molecule has 1 aliphatic heterocycles. The molecule has 6 nitrogen and oxygen atoms in total. The van der Waals surface area contributed by atoms with Crippen molar-refractivity contribution in [1.29, 1.82) is 0 Å². The summed E-state index contributed by atoms with van der Waals surface area (Å²) in [6.45, 7) is 1.39. The Morgan fingerprint density at radius 3 is 2.32 bits per heavy atom. The van der Waals surface area contributed by atoms with Gasteiger partial charge >= 0.3 is 0 Å². The first-order chi connectivity index (χ1) is 18.2. The van der Waals surface area contributed by atoms with E-state index in [-0.39, 0.29) is 6.04 Å². The zero-order chi connectivity index (χ0) is 25.5. The number of hydrogen-bond acceptors (Lipinski definition) is 5. The van der Waals surface area contributed by atoms with E-state index in [0.29, 0.717) is 13.1 Å². The molecule has 1 heterocycles. The topological polar surface area (TPSA) is 94.3 Å². The molecule has 2 aliphatic rings. The number of hydrogen-bond donors (Lipinski definition) is 3. The predicted molar refractivity (Wildman–Crippen MR) is 153 cm³/mol. The summed E-state index contributed by atoms with van der Waals surface area (Å²) in [5.74, 6) is 0. The fourth-order valence-electron chi connectivity index (χ4n) is 4.68. The van der Waals surface area contributed by atoms with Crippen molar-refractivity contribution in [3.8, 4) is 17.1 Å². The van der Waals surface area contributed by atoms with Crippen molar-refractivity contribution >= 4 is 22.4 Å². The smallest absolute Gasteiger partial charge is 0.0900 e. The Kier molecular flexibility index (Phi) is 7.89. The Bertz CT molecular complexity index is 1480. The van der Waals surface area contributed by atoms with Crippen molar-refractivity contribution in [2.45, 2.75) is 31.7 Å². The molecule has 0 bridgehead atoms. The molecule has 0 fully saturated rings. The first-order valence-electron chi connectivity index (χ1n) is 13.0. The summed E-state index contributed by atoms with van der Waals surface area (Å²) in [6.07, 6.45) is 3.80. The van der Waals surface area contributed by atoms with E-state index in [1.54, 1.807) is 0 Å².